The van der Waals surface area contributed by atoms with Crippen molar-refractivity contribution in [2.24, 2.45) is 11.8 Å². The van der Waals surface area contributed by atoms with E-state index < -0.39 is 33.3 Å². The summed E-state index contributed by atoms with van der Waals surface area (Å²) in [6, 6.07) is 0. The van der Waals surface area contributed by atoms with E-state index in [1.807, 2.05) is 0 Å². The Kier molecular flexibility index (Phi) is 16.3. The summed E-state index contributed by atoms with van der Waals surface area (Å²) in [6.45, 7) is 29.1. The summed E-state index contributed by atoms with van der Waals surface area (Å²) in [7, 11) is -6.95. The first-order chi connectivity index (χ1) is 18.7. The molecular weight excluding hydrogens is 577 g/mol. The van der Waals surface area contributed by atoms with Gasteiger partial charge in [-0.3, -0.25) is 4.79 Å². The number of carbonyl (C=O) groups is 1. The molecule has 0 radical (unpaired) electrons. The lowest BCUT2D eigenvalue weighted by molar-refractivity contribution is -0.135. The maximum atomic E-state index is 12.1. The van der Waals surface area contributed by atoms with Gasteiger partial charge >= 0.3 is 0 Å². The molecule has 1 fully saturated rings. The molecule has 1 rings (SSSR count). The summed E-state index contributed by atoms with van der Waals surface area (Å²) in [5.41, 5.74) is 0. The van der Waals surface area contributed by atoms with Crippen LogP contribution in [0.4, 0.5) is 0 Å². The summed E-state index contributed by atoms with van der Waals surface area (Å²) in [5.74, 6) is 0.622. The van der Waals surface area contributed by atoms with Crippen molar-refractivity contribution in [3.63, 3.8) is 0 Å². The van der Waals surface area contributed by atoms with Crippen LogP contribution in [0.1, 0.15) is 64.7 Å². The van der Waals surface area contributed by atoms with Gasteiger partial charge in [-0.1, -0.05) is 50.5 Å². The van der Waals surface area contributed by atoms with Crippen molar-refractivity contribution >= 4 is 39.2 Å². The fraction of sp³-hybridized carbons (Fsp3) is 0.844. The van der Waals surface area contributed by atoms with E-state index in [2.05, 4.69) is 110 Å². The Balaban J connectivity index is 3.13. The SMILES string of the molecule is CCCCC[C@@H](/C=C/[C@@H]1[C@@H](C/C=C\CCCC(=O)O[Si](C)(C)C)[C@@H](O[Si](C)(C)C)C[C@H]1O[Si](C)(C)C)O[Si](C)(C)C. The van der Waals surface area contributed by atoms with E-state index in [4.69, 9.17) is 17.7 Å². The quantitative estimate of drug-likeness (QED) is 0.0797. The first-order valence-electron chi connectivity index (χ1n) is 16.3. The predicted molar refractivity (Wildman–Crippen MR) is 187 cm³/mol. The highest BCUT2D eigenvalue weighted by molar-refractivity contribution is 6.71. The zero-order valence-corrected chi connectivity index (χ0v) is 33.1. The summed E-state index contributed by atoms with van der Waals surface area (Å²) in [5, 5.41) is 0. The van der Waals surface area contributed by atoms with Crippen LogP contribution in [-0.4, -0.2) is 57.6 Å². The van der Waals surface area contributed by atoms with Crippen molar-refractivity contribution in [3.05, 3.63) is 24.3 Å². The molecule has 0 unspecified atom stereocenters. The Hall–Kier alpha value is -0.302. The molecule has 0 bridgehead atoms. The predicted octanol–water partition coefficient (Wildman–Crippen LogP) is 9.91. The van der Waals surface area contributed by atoms with Crippen LogP contribution in [0.3, 0.4) is 0 Å². The van der Waals surface area contributed by atoms with Gasteiger partial charge in [-0.2, -0.15) is 0 Å². The molecular formula is C32H66O5Si4. The summed E-state index contributed by atoms with van der Waals surface area (Å²) in [6.07, 6.45) is 18.8. The molecule has 0 N–H and O–H groups in total. The molecule has 9 heteroatoms. The zero-order valence-electron chi connectivity index (χ0n) is 29.1. The number of allylic oxidation sites excluding steroid dienone is 2. The first kappa shape index (κ1) is 38.7. The highest BCUT2D eigenvalue weighted by atomic mass is 28.4. The lowest BCUT2D eigenvalue weighted by Crippen LogP contribution is -2.35. The molecule has 240 valence electrons. The first-order valence-corrected chi connectivity index (χ1v) is 29.9. The molecule has 0 aromatic carbocycles. The van der Waals surface area contributed by atoms with Gasteiger partial charge in [-0.05, 0) is 117 Å². The third-order valence-corrected chi connectivity index (χ3v) is 10.6. The Morgan fingerprint density at radius 3 is 1.93 bits per heavy atom. The van der Waals surface area contributed by atoms with Gasteiger partial charge < -0.3 is 17.7 Å². The second kappa shape index (κ2) is 17.3. The van der Waals surface area contributed by atoms with E-state index in [0.29, 0.717) is 18.3 Å². The topological polar surface area (TPSA) is 54.0 Å². The third kappa shape index (κ3) is 18.9. The Labute approximate surface area is 258 Å². The lowest BCUT2D eigenvalue weighted by Gasteiger charge is -2.30. The molecule has 0 aliphatic heterocycles. The van der Waals surface area contributed by atoms with E-state index in [-0.39, 0.29) is 24.3 Å². The molecule has 0 aromatic rings. The molecule has 1 saturated carbocycles. The number of carbonyl (C=O) groups excluding carboxylic acids is 1. The van der Waals surface area contributed by atoms with Crippen LogP contribution >= 0.6 is 0 Å². The van der Waals surface area contributed by atoms with Gasteiger partial charge in [-0.15, -0.1) is 0 Å². The molecule has 1 aliphatic carbocycles. The van der Waals surface area contributed by atoms with E-state index in [0.717, 1.165) is 32.1 Å². The molecule has 41 heavy (non-hydrogen) atoms. The van der Waals surface area contributed by atoms with Crippen LogP contribution in [0.15, 0.2) is 24.3 Å². The van der Waals surface area contributed by atoms with Crippen molar-refractivity contribution in [3.8, 4) is 0 Å². The Morgan fingerprint density at radius 2 is 1.39 bits per heavy atom. The summed E-state index contributed by atoms with van der Waals surface area (Å²) < 4.78 is 25.9. The van der Waals surface area contributed by atoms with E-state index >= 15 is 0 Å². The second-order valence-electron chi connectivity index (χ2n) is 15.8. The lowest BCUT2D eigenvalue weighted by atomic mass is 9.89. The van der Waals surface area contributed by atoms with Gasteiger partial charge in [0, 0.05) is 12.3 Å². The monoisotopic (exact) mass is 642 g/mol. The highest BCUT2D eigenvalue weighted by Gasteiger charge is 2.45. The fourth-order valence-corrected chi connectivity index (χ4v) is 9.69. The van der Waals surface area contributed by atoms with Gasteiger partial charge in [0.2, 0.25) is 8.32 Å². The van der Waals surface area contributed by atoms with Crippen molar-refractivity contribution in [2.45, 2.75) is 162 Å². The van der Waals surface area contributed by atoms with Gasteiger partial charge in [-0.25, -0.2) is 0 Å². The number of hydrogen-bond acceptors (Lipinski definition) is 5. The minimum Gasteiger partial charge on any atom is -0.520 e. The van der Waals surface area contributed by atoms with Crippen molar-refractivity contribution in [1.82, 2.24) is 0 Å². The molecule has 5 atom stereocenters. The molecule has 5 nitrogen and oxygen atoms in total. The largest absolute Gasteiger partial charge is 0.520 e. The molecule has 1 aliphatic rings. The van der Waals surface area contributed by atoms with Crippen LogP contribution < -0.4 is 0 Å². The molecule has 0 spiro atoms. The minimum absolute atomic E-state index is 0.0532. The van der Waals surface area contributed by atoms with Gasteiger partial charge in [0.25, 0.3) is 5.97 Å². The van der Waals surface area contributed by atoms with Crippen molar-refractivity contribution < 1.29 is 22.5 Å². The van der Waals surface area contributed by atoms with Crippen LogP contribution in [0.5, 0.6) is 0 Å². The molecule has 0 heterocycles. The zero-order chi connectivity index (χ0) is 31.5. The summed E-state index contributed by atoms with van der Waals surface area (Å²) in [4.78, 5) is 12.1. The van der Waals surface area contributed by atoms with E-state index in [1.165, 1.54) is 19.3 Å². The van der Waals surface area contributed by atoms with Crippen LogP contribution in [0.2, 0.25) is 78.6 Å². The molecule has 0 aromatic heterocycles. The normalized spacial score (nSPS) is 23.5. The van der Waals surface area contributed by atoms with Crippen LogP contribution in [0.25, 0.3) is 0 Å². The van der Waals surface area contributed by atoms with E-state index in [1.54, 1.807) is 0 Å². The van der Waals surface area contributed by atoms with E-state index in [9.17, 15) is 4.79 Å². The number of hydrogen-bond donors (Lipinski definition) is 0. The maximum absolute atomic E-state index is 12.1. The summed E-state index contributed by atoms with van der Waals surface area (Å²) >= 11 is 0. The van der Waals surface area contributed by atoms with Gasteiger partial charge in [0.05, 0.1) is 18.3 Å². The van der Waals surface area contributed by atoms with Crippen molar-refractivity contribution in [1.29, 1.82) is 0 Å². The molecule has 0 saturated heterocycles. The van der Waals surface area contributed by atoms with Crippen LogP contribution in [-0.2, 0) is 22.5 Å². The van der Waals surface area contributed by atoms with Gasteiger partial charge in [0.15, 0.2) is 25.0 Å². The number of rotatable bonds is 19. The standard InChI is InChI=1S/C32H66O5Si4/c1-14-15-18-21-27(34-38(2,3)4)24-25-29-28(22-19-16-17-20-23-32(33)37-41(11,12)13)30(35-39(5,6)7)26-31(29)36-40(8,9)10/h16,19,24-25,27-31H,14-15,17-18,20-23,26H2,1-13H3/b19-16-,25-24+/t27-,28+,29+,30-,31+/m0/s1. The minimum atomic E-state index is -1.81. The number of unbranched alkanes of at least 4 members (excludes halogenated alkanes) is 3. The van der Waals surface area contributed by atoms with Gasteiger partial charge in [0.1, 0.15) is 0 Å². The Bertz CT molecular complexity index is 818. The second-order valence-corrected chi connectivity index (χ2v) is 33.7. The fourth-order valence-electron chi connectivity index (χ4n) is 5.45. The average Bonchev–Trinajstić information content (AvgIpc) is 3.04. The third-order valence-electron chi connectivity index (χ3n) is 6.77. The smallest absolute Gasteiger partial charge is 0.292 e. The average molecular weight is 643 g/mol. The Morgan fingerprint density at radius 1 is 0.780 bits per heavy atom. The van der Waals surface area contributed by atoms with Crippen molar-refractivity contribution in [2.75, 3.05) is 0 Å². The van der Waals surface area contributed by atoms with Crippen LogP contribution in [0, 0.1) is 11.8 Å². The highest BCUT2D eigenvalue weighted by Crippen LogP contribution is 2.42. The maximum Gasteiger partial charge on any atom is 0.292 e. The molecule has 0 amide bonds.